The minimum absolute atomic E-state index is 0.00235. The topological polar surface area (TPSA) is 104 Å². The zero-order chi connectivity index (χ0) is 17.7. The molecule has 1 saturated carbocycles. The van der Waals surface area contributed by atoms with E-state index in [1.54, 1.807) is 25.1 Å². The Kier molecular flexibility index (Phi) is 5.82. The number of carbonyl (C=O) groups excluding carboxylic acids is 2. The molecule has 0 radical (unpaired) electrons. The predicted molar refractivity (Wildman–Crippen MR) is 93.1 cm³/mol. The first kappa shape index (κ1) is 18.3. The van der Waals surface area contributed by atoms with E-state index < -0.39 is 16.1 Å². The van der Waals surface area contributed by atoms with Crippen molar-refractivity contribution in [2.45, 2.75) is 38.6 Å². The fourth-order valence-corrected chi connectivity index (χ4v) is 3.26. The Morgan fingerprint density at radius 1 is 1.17 bits per heavy atom. The van der Waals surface area contributed by atoms with Crippen molar-refractivity contribution in [3.63, 3.8) is 0 Å². The molecule has 1 unspecified atom stereocenters. The molecule has 0 heterocycles. The van der Waals surface area contributed by atoms with Gasteiger partial charge in [-0.2, -0.15) is 0 Å². The average Bonchev–Trinajstić information content (AvgIpc) is 2.99. The molecule has 0 saturated heterocycles. The molecule has 0 aromatic heterocycles. The molecule has 0 bridgehead atoms. The molecule has 2 amide bonds. The molecule has 1 atom stereocenters. The number of benzene rings is 1. The van der Waals surface area contributed by atoms with Crippen molar-refractivity contribution >= 4 is 33.2 Å². The molecule has 3 N–H and O–H groups in total. The van der Waals surface area contributed by atoms with Gasteiger partial charge in [-0.25, -0.2) is 8.42 Å². The van der Waals surface area contributed by atoms with Crippen LogP contribution in [0.3, 0.4) is 0 Å². The van der Waals surface area contributed by atoms with Crippen molar-refractivity contribution in [2.75, 3.05) is 16.3 Å². The van der Waals surface area contributed by atoms with Gasteiger partial charge in [-0.05, 0) is 38.0 Å². The van der Waals surface area contributed by atoms with Crippen molar-refractivity contribution in [1.82, 2.24) is 5.32 Å². The molecule has 8 heteroatoms. The normalized spacial score (nSPS) is 16.4. The number of amides is 2. The maximum Gasteiger partial charge on any atom is 0.246 e. The fourth-order valence-electron chi connectivity index (χ4n) is 2.71. The second-order valence-electron chi connectivity index (χ2n) is 6.16. The summed E-state index contributed by atoms with van der Waals surface area (Å²) >= 11 is 0. The summed E-state index contributed by atoms with van der Waals surface area (Å²) in [5, 5.41) is 5.41. The molecule has 1 fully saturated rings. The summed E-state index contributed by atoms with van der Waals surface area (Å²) < 4.78 is 24.8. The van der Waals surface area contributed by atoms with Crippen LogP contribution in [0.5, 0.6) is 0 Å². The molecule has 1 aliphatic rings. The number of anilines is 2. The minimum atomic E-state index is -3.38. The fraction of sp³-hybridized carbons (Fsp3) is 0.500. The Morgan fingerprint density at radius 3 is 2.42 bits per heavy atom. The van der Waals surface area contributed by atoms with E-state index in [9.17, 15) is 18.0 Å². The Labute approximate surface area is 142 Å². The van der Waals surface area contributed by atoms with Gasteiger partial charge in [0.15, 0.2) is 0 Å². The molecule has 2 rings (SSSR count). The van der Waals surface area contributed by atoms with Gasteiger partial charge in [0.1, 0.15) is 6.04 Å². The van der Waals surface area contributed by atoms with E-state index in [1.165, 1.54) is 6.07 Å². The highest BCUT2D eigenvalue weighted by molar-refractivity contribution is 7.92. The number of rotatable bonds is 6. The maximum absolute atomic E-state index is 12.2. The van der Waals surface area contributed by atoms with Crippen LogP contribution in [0.25, 0.3) is 0 Å². The largest absolute Gasteiger partial charge is 0.344 e. The zero-order valence-electron chi connectivity index (χ0n) is 13.8. The third-order valence-corrected chi connectivity index (χ3v) is 4.52. The first-order chi connectivity index (χ1) is 11.2. The summed E-state index contributed by atoms with van der Waals surface area (Å²) in [6.45, 7) is 1.63. The van der Waals surface area contributed by atoms with Crippen LogP contribution < -0.4 is 15.4 Å². The third-order valence-electron chi connectivity index (χ3n) is 3.91. The second kappa shape index (κ2) is 7.65. The highest BCUT2D eigenvalue weighted by Crippen LogP contribution is 2.24. The molecule has 1 aromatic rings. The van der Waals surface area contributed by atoms with Gasteiger partial charge in [0.05, 0.1) is 11.9 Å². The highest BCUT2D eigenvalue weighted by Gasteiger charge is 2.25. The van der Waals surface area contributed by atoms with Crippen molar-refractivity contribution < 1.29 is 18.0 Å². The van der Waals surface area contributed by atoms with Crippen LogP contribution in [-0.4, -0.2) is 32.5 Å². The van der Waals surface area contributed by atoms with Crippen LogP contribution in [0.4, 0.5) is 11.4 Å². The lowest BCUT2D eigenvalue weighted by Crippen LogP contribution is -2.43. The molecule has 132 valence electrons. The van der Waals surface area contributed by atoms with E-state index >= 15 is 0 Å². The summed E-state index contributed by atoms with van der Waals surface area (Å²) in [5.41, 5.74) is 0.813. The number of hydrogen-bond donors (Lipinski definition) is 3. The SMILES string of the molecule is CC(NC(=O)C1CCCC1)C(=O)Nc1cccc(NS(C)(=O)=O)c1. The quantitative estimate of drug-likeness (QED) is 0.724. The van der Waals surface area contributed by atoms with Crippen LogP contribution in [0.15, 0.2) is 24.3 Å². The Balaban J connectivity index is 1.93. The van der Waals surface area contributed by atoms with Crippen molar-refractivity contribution in [1.29, 1.82) is 0 Å². The van der Waals surface area contributed by atoms with Gasteiger partial charge in [0, 0.05) is 11.6 Å². The molecule has 1 aliphatic carbocycles. The monoisotopic (exact) mass is 353 g/mol. The van der Waals surface area contributed by atoms with E-state index in [1.807, 2.05) is 0 Å². The average molecular weight is 353 g/mol. The summed E-state index contributed by atoms with van der Waals surface area (Å²) in [5.74, 6) is -0.428. The molecular formula is C16H23N3O4S. The summed E-state index contributed by atoms with van der Waals surface area (Å²) in [7, 11) is -3.38. The third kappa shape index (κ3) is 5.52. The number of nitrogens with one attached hydrogen (secondary N) is 3. The summed E-state index contributed by atoms with van der Waals surface area (Å²) in [6, 6.07) is 5.72. The smallest absolute Gasteiger partial charge is 0.246 e. The van der Waals surface area contributed by atoms with Gasteiger partial charge in [-0.15, -0.1) is 0 Å². The predicted octanol–water partition coefficient (Wildman–Crippen LogP) is 1.69. The van der Waals surface area contributed by atoms with Gasteiger partial charge in [-0.1, -0.05) is 18.9 Å². The summed E-state index contributed by atoms with van der Waals surface area (Å²) in [6.07, 6.45) is 4.91. The lowest BCUT2D eigenvalue weighted by Gasteiger charge is -2.17. The molecule has 0 spiro atoms. The van der Waals surface area contributed by atoms with E-state index in [0.717, 1.165) is 31.9 Å². The van der Waals surface area contributed by atoms with E-state index in [4.69, 9.17) is 0 Å². The highest BCUT2D eigenvalue weighted by atomic mass is 32.2. The van der Waals surface area contributed by atoms with E-state index in [0.29, 0.717) is 11.4 Å². The van der Waals surface area contributed by atoms with Crippen LogP contribution in [-0.2, 0) is 19.6 Å². The van der Waals surface area contributed by atoms with Gasteiger partial charge < -0.3 is 10.6 Å². The molecule has 0 aliphatic heterocycles. The van der Waals surface area contributed by atoms with Crippen LogP contribution in [0.2, 0.25) is 0 Å². The standard InChI is InChI=1S/C16H23N3O4S/c1-11(17-16(21)12-6-3-4-7-12)15(20)18-13-8-5-9-14(10-13)19-24(2,22)23/h5,8-12,19H,3-4,6-7H2,1-2H3,(H,17,21)(H,18,20). The number of hydrogen-bond acceptors (Lipinski definition) is 4. The Morgan fingerprint density at radius 2 is 1.79 bits per heavy atom. The van der Waals surface area contributed by atoms with Crippen LogP contribution in [0.1, 0.15) is 32.6 Å². The molecular weight excluding hydrogens is 330 g/mol. The lowest BCUT2D eigenvalue weighted by molar-refractivity contribution is -0.128. The number of sulfonamides is 1. The van der Waals surface area contributed by atoms with Crippen molar-refractivity contribution in [3.8, 4) is 0 Å². The minimum Gasteiger partial charge on any atom is -0.344 e. The van der Waals surface area contributed by atoms with Gasteiger partial charge in [-0.3, -0.25) is 14.3 Å². The van der Waals surface area contributed by atoms with Crippen molar-refractivity contribution in [2.24, 2.45) is 5.92 Å². The molecule has 24 heavy (non-hydrogen) atoms. The lowest BCUT2D eigenvalue weighted by atomic mass is 10.1. The van der Waals surface area contributed by atoms with E-state index in [2.05, 4.69) is 15.4 Å². The van der Waals surface area contributed by atoms with Gasteiger partial charge in [0.25, 0.3) is 0 Å². The maximum atomic E-state index is 12.2. The molecule has 7 nitrogen and oxygen atoms in total. The first-order valence-corrected chi connectivity index (χ1v) is 9.83. The van der Waals surface area contributed by atoms with Gasteiger partial charge >= 0.3 is 0 Å². The van der Waals surface area contributed by atoms with Crippen molar-refractivity contribution in [3.05, 3.63) is 24.3 Å². The van der Waals surface area contributed by atoms with Crippen LogP contribution >= 0.6 is 0 Å². The zero-order valence-corrected chi connectivity index (χ0v) is 14.7. The second-order valence-corrected chi connectivity index (χ2v) is 7.90. The van der Waals surface area contributed by atoms with E-state index in [-0.39, 0.29) is 17.7 Å². The van der Waals surface area contributed by atoms with Gasteiger partial charge in [0.2, 0.25) is 21.8 Å². The number of carbonyl (C=O) groups is 2. The summed E-state index contributed by atoms with van der Waals surface area (Å²) in [4.78, 5) is 24.3. The first-order valence-electron chi connectivity index (χ1n) is 7.94. The Hall–Kier alpha value is -2.09. The Bertz CT molecular complexity index is 712. The van der Waals surface area contributed by atoms with Crippen LogP contribution in [0, 0.1) is 5.92 Å². The molecule has 1 aromatic carbocycles.